The number of rotatable bonds is 4. The third-order valence-electron chi connectivity index (χ3n) is 4.05. The van der Waals surface area contributed by atoms with Gasteiger partial charge in [0.1, 0.15) is 0 Å². The fraction of sp³-hybridized carbons (Fsp3) is 0.143. The molecule has 0 bridgehead atoms. The van der Waals surface area contributed by atoms with Gasteiger partial charge in [-0.15, -0.1) is 0 Å². The molecular weight excluding hydrogens is 421 g/mol. The quantitative estimate of drug-likeness (QED) is 0.421. The molecular formula is C21H22FPSn. The van der Waals surface area contributed by atoms with Gasteiger partial charge in [-0.2, -0.15) is 0 Å². The Morgan fingerprint density at radius 1 is 0.667 bits per heavy atom. The number of halogens is 1. The first-order valence-corrected chi connectivity index (χ1v) is 19.5. The van der Waals surface area contributed by atoms with E-state index >= 15 is 4.39 Å². The fourth-order valence-electron chi connectivity index (χ4n) is 2.91. The first-order chi connectivity index (χ1) is 11.5. The van der Waals surface area contributed by atoms with Crippen molar-refractivity contribution in [3.63, 3.8) is 0 Å². The Morgan fingerprint density at radius 3 is 1.62 bits per heavy atom. The second kappa shape index (κ2) is 7.37. The topological polar surface area (TPSA) is 0 Å². The SMILES string of the molecule is [CH3][Sn]([CH3])([CH3])[c]1cccc(F)c1P(c1ccccc1)c1ccccc1. The van der Waals surface area contributed by atoms with E-state index in [0.717, 1.165) is 5.30 Å². The van der Waals surface area contributed by atoms with Crippen LogP contribution in [0.2, 0.25) is 14.8 Å². The molecule has 0 heterocycles. The first-order valence-electron chi connectivity index (χ1n) is 8.18. The van der Waals surface area contributed by atoms with Crippen molar-refractivity contribution < 1.29 is 4.39 Å². The molecule has 0 nitrogen and oxygen atoms in total. The van der Waals surface area contributed by atoms with E-state index in [4.69, 9.17) is 0 Å². The Morgan fingerprint density at radius 2 is 1.17 bits per heavy atom. The molecule has 3 aromatic carbocycles. The van der Waals surface area contributed by atoms with Crippen LogP contribution < -0.4 is 19.5 Å². The third kappa shape index (κ3) is 3.73. The second-order valence-electron chi connectivity index (χ2n) is 6.89. The van der Waals surface area contributed by atoms with Gasteiger partial charge < -0.3 is 0 Å². The summed E-state index contributed by atoms with van der Waals surface area (Å²) in [4.78, 5) is 7.07. The van der Waals surface area contributed by atoms with E-state index in [1.807, 2.05) is 18.2 Å². The summed E-state index contributed by atoms with van der Waals surface area (Å²) < 4.78 is 16.3. The van der Waals surface area contributed by atoms with Crippen LogP contribution in [0.3, 0.4) is 0 Å². The molecule has 24 heavy (non-hydrogen) atoms. The second-order valence-corrected chi connectivity index (χ2v) is 23.4. The van der Waals surface area contributed by atoms with Crippen molar-refractivity contribution in [2.45, 2.75) is 14.8 Å². The average molecular weight is 443 g/mol. The van der Waals surface area contributed by atoms with E-state index < -0.39 is 26.3 Å². The molecule has 0 aliphatic carbocycles. The Kier molecular flexibility index (Phi) is 5.42. The summed E-state index contributed by atoms with van der Waals surface area (Å²) in [7, 11) is -0.874. The van der Waals surface area contributed by atoms with Crippen LogP contribution >= 0.6 is 7.92 Å². The molecule has 0 aliphatic heterocycles. The van der Waals surface area contributed by atoms with Crippen molar-refractivity contribution in [1.82, 2.24) is 0 Å². The summed E-state index contributed by atoms with van der Waals surface area (Å²) in [6.45, 7) is 0. The van der Waals surface area contributed by atoms with Crippen LogP contribution in [0.4, 0.5) is 4.39 Å². The predicted octanol–water partition coefficient (Wildman–Crippen LogP) is 4.13. The van der Waals surface area contributed by atoms with Crippen LogP contribution in [0, 0.1) is 5.82 Å². The van der Waals surface area contributed by atoms with Gasteiger partial charge in [-0.25, -0.2) is 0 Å². The van der Waals surface area contributed by atoms with Crippen molar-refractivity contribution in [2.24, 2.45) is 0 Å². The van der Waals surface area contributed by atoms with E-state index in [-0.39, 0.29) is 5.82 Å². The molecule has 0 radical (unpaired) electrons. The Labute approximate surface area is 149 Å². The van der Waals surface area contributed by atoms with Crippen molar-refractivity contribution in [2.75, 3.05) is 0 Å². The first kappa shape index (κ1) is 17.6. The van der Waals surface area contributed by atoms with Crippen molar-refractivity contribution in [3.8, 4) is 0 Å². The summed E-state index contributed by atoms with van der Waals surface area (Å²) >= 11 is -2.46. The molecule has 0 saturated carbocycles. The molecule has 0 unspecified atom stereocenters. The van der Waals surface area contributed by atoms with Gasteiger partial charge in [0.05, 0.1) is 0 Å². The summed E-state index contributed by atoms with van der Waals surface area (Å²) in [5, 5.41) is 3.36. The molecule has 0 aliphatic rings. The Hall–Kier alpha value is -1.18. The van der Waals surface area contributed by atoms with Gasteiger partial charge in [-0.05, 0) is 0 Å². The molecule has 0 aromatic heterocycles. The third-order valence-corrected chi connectivity index (χ3v) is 13.0. The van der Waals surface area contributed by atoms with Gasteiger partial charge in [-0.3, -0.25) is 0 Å². The van der Waals surface area contributed by atoms with Crippen LogP contribution in [-0.2, 0) is 0 Å². The maximum absolute atomic E-state index is 15.1. The van der Waals surface area contributed by atoms with Crippen LogP contribution in [0.25, 0.3) is 0 Å². The standard InChI is InChI=1S/C18H13FP.3CH3.Sn/c19-17-13-7-8-14-18(17)20(15-9-3-1-4-10-15)16-11-5-2-6-12-16;;;;/h1-13H;3*1H3;. The van der Waals surface area contributed by atoms with Crippen molar-refractivity contribution in [3.05, 3.63) is 84.7 Å². The maximum atomic E-state index is 15.1. The van der Waals surface area contributed by atoms with Gasteiger partial charge in [-0.1, -0.05) is 0 Å². The summed E-state index contributed by atoms with van der Waals surface area (Å²) in [6, 6.07) is 26.4. The molecule has 0 atom stereocenters. The van der Waals surface area contributed by atoms with E-state index in [9.17, 15) is 0 Å². The van der Waals surface area contributed by atoms with Crippen molar-refractivity contribution in [1.29, 1.82) is 0 Å². The number of hydrogen-bond acceptors (Lipinski definition) is 0. The Balaban J connectivity index is 2.29. The normalized spacial score (nSPS) is 11.7. The molecule has 0 N–H and O–H groups in total. The van der Waals surface area contributed by atoms with E-state index in [0.29, 0.717) is 0 Å². The molecule has 3 aromatic rings. The number of hydrogen-bond donors (Lipinski definition) is 0. The van der Waals surface area contributed by atoms with Gasteiger partial charge in [0, 0.05) is 0 Å². The monoisotopic (exact) mass is 444 g/mol. The van der Waals surface area contributed by atoms with Crippen LogP contribution in [0.5, 0.6) is 0 Å². The summed E-state index contributed by atoms with van der Waals surface area (Å²) in [5.41, 5.74) is 0. The zero-order chi connectivity index (χ0) is 17.2. The molecule has 3 heteroatoms. The van der Waals surface area contributed by atoms with Crippen LogP contribution in [-0.4, -0.2) is 18.4 Å². The van der Waals surface area contributed by atoms with Crippen LogP contribution in [0.15, 0.2) is 78.9 Å². The van der Waals surface area contributed by atoms with Gasteiger partial charge in [0.15, 0.2) is 0 Å². The molecule has 0 spiro atoms. The zero-order valence-electron chi connectivity index (χ0n) is 14.3. The Bertz CT molecular complexity index is 771. The molecule has 0 saturated heterocycles. The summed E-state index contributed by atoms with van der Waals surface area (Å²) in [5.74, 6) is -0.0575. The van der Waals surface area contributed by atoms with E-state index in [2.05, 4.69) is 69.4 Å². The van der Waals surface area contributed by atoms with Crippen LogP contribution in [0.1, 0.15) is 0 Å². The van der Waals surface area contributed by atoms with Gasteiger partial charge in [0.25, 0.3) is 0 Å². The average Bonchev–Trinajstić information content (AvgIpc) is 2.57. The van der Waals surface area contributed by atoms with Gasteiger partial charge >= 0.3 is 150 Å². The molecule has 0 fully saturated rings. The van der Waals surface area contributed by atoms with E-state index in [1.54, 1.807) is 6.07 Å². The molecule has 122 valence electrons. The minimum absolute atomic E-state index is 0.0575. The zero-order valence-corrected chi connectivity index (χ0v) is 18.1. The van der Waals surface area contributed by atoms with Gasteiger partial charge in [0.2, 0.25) is 0 Å². The molecule has 0 amide bonds. The van der Waals surface area contributed by atoms with E-state index in [1.165, 1.54) is 14.2 Å². The number of benzene rings is 3. The fourth-order valence-corrected chi connectivity index (χ4v) is 12.5. The predicted molar refractivity (Wildman–Crippen MR) is 108 cm³/mol. The minimum atomic E-state index is -2.46. The summed E-state index contributed by atoms with van der Waals surface area (Å²) in [6.07, 6.45) is 0. The molecule has 3 rings (SSSR count). The van der Waals surface area contributed by atoms with Crippen molar-refractivity contribution >= 4 is 45.8 Å².